The molecule has 1 N–H and O–H groups in total. The third-order valence-corrected chi connectivity index (χ3v) is 4.08. The molecule has 0 spiro atoms. The predicted octanol–water partition coefficient (Wildman–Crippen LogP) is 1.61. The Balaban J connectivity index is 1.75. The number of fused-ring (bicyclic) bond motifs is 1. The highest BCUT2D eigenvalue weighted by atomic mass is 16.5. The van der Waals surface area contributed by atoms with Gasteiger partial charge in [0.1, 0.15) is 6.54 Å². The number of carbonyl (C=O) groups is 1. The van der Waals surface area contributed by atoms with Crippen LogP contribution in [0.25, 0.3) is 10.8 Å². The van der Waals surface area contributed by atoms with E-state index in [1.807, 2.05) is 31.2 Å². The molecular formula is C17H20N2O3. The SMILES string of the molecule is Cc1cc2ccccc2c(=O)n1CC(=O)NCC1CCCO1. The molecule has 1 amide bonds. The Morgan fingerprint density at radius 2 is 2.23 bits per heavy atom. The van der Waals surface area contributed by atoms with Crippen LogP contribution in [0.5, 0.6) is 0 Å². The van der Waals surface area contributed by atoms with Gasteiger partial charge in [0.25, 0.3) is 5.56 Å². The van der Waals surface area contributed by atoms with Crippen molar-refractivity contribution >= 4 is 16.7 Å². The van der Waals surface area contributed by atoms with Crippen LogP contribution in [0.4, 0.5) is 0 Å². The molecule has 5 heteroatoms. The second kappa shape index (κ2) is 6.32. The third kappa shape index (κ3) is 3.04. The van der Waals surface area contributed by atoms with Gasteiger partial charge in [-0.15, -0.1) is 0 Å². The molecule has 1 atom stereocenters. The first-order valence-corrected chi connectivity index (χ1v) is 7.62. The van der Waals surface area contributed by atoms with Crippen molar-refractivity contribution in [1.29, 1.82) is 0 Å². The Morgan fingerprint density at radius 3 is 3.00 bits per heavy atom. The highest BCUT2D eigenvalue weighted by Crippen LogP contribution is 2.12. The zero-order valence-electron chi connectivity index (χ0n) is 12.7. The molecule has 2 aromatic rings. The van der Waals surface area contributed by atoms with E-state index in [0.717, 1.165) is 30.5 Å². The number of aryl methyl sites for hydroxylation is 1. The Bertz CT molecular complexity index is 745. The molecule has 1 fully saturated rings. The van der Waals surface area contributed by atoms with Crippen molar-refractivity contribution < 1.29 is 9.53 Å². The fraction of sp³-hybridized carbons (Fsp3) is 0.412. The van der Waals surface area contributed by atoms with Gasteiger partial charge < -0.3 is 14.6 Å². The molecule has 0 radical (unpaired) electrons. The van der Waals surface area contributed by atoms with Crippen LogP contribution in [0.15, 0.2) is 35.1 Å². The number of nitrogens with zero attached hydrogens (tertiary/aromatic N) is 1. The number of amides is 1. The highest BCUT2D eigenvalue weighted by Gasteiger charge is 2.17. The van der Waals surface area contributed by atoms with E-state index in [2.05, 4.69) is 5.32 Å². The monoisotopic (exact) mass is 300 g/mol. The van der Waals surface area contributed by atoms with E-state index in [1.54, 1.807) is 6.07 Å². The summed E-state index contributed by atoms with van der Waals surface area (Å²) in [6, 6.07) is 9.37. The van der Waals surface area contributed by atoms with Gasteiger partial charge in [0.15, 0.2) is 0 Å². The molecule has 5 nitrogen and oxygen atoms in total. The van der Waals surface area contributed by atoms with Crippen LogP contribution in [-0.4, -0.2) is 29.7 Å². The lowest BCUT2D eigenvalue weighted by molar-refractivity contribution is -0.122. The summed E-state index contributed by atoms with van der Waals surface area (Å²) in [5, 5.41) is 4.39. The molecule has 2 heterocycles. The summed E-state index contributed by atoms with van der Waals surface area (Å²) in [5.74, 6) is -0.156. The second-order valence-corrected chi connectivity index (χ2v) is 5.70. The molecule has 116 valence electrons. The van der Waals surface area contributed by atoms with Crippen LogP contribution < -0.4 is 10.9 Å². The summed E-state index contributed by atoms with van der Waals surface area (Å²) in [6.07, 6.45) is 2.14. The Labute approximate surface area is 128 Å². The number of hydrogen-bond donors (Lipinski definition) is 1. The molecule has 1 aromatic heterocycles. The maximum Gasteiger partial charge on any atom is 0.259 e. The topological polar surface area (TPSA) is 60.3 Å². The second-order valence-electron chi connectivity index (χ2n) is 5.70. The number of rotatable bonds is 4. The van der Waals surface area contributed by atoms with Crippen molar-refractivity contribution in [2.75, 3.05) is 13.2 Å². The summed E-state index contributed by atoms with van der Waals surface area (Å²) < 4.78 is 7.00. The molecule has 3 rings (SSSR count). The van der Waals surface area contributed by atoms with E-state index in [0.29, 0.717) is 11.9 Å². The van der Waals surface area contributed by atoms with Crippen molar-refractivity contribution in [3.8, 4) is 0 Å². The van der Waals surface area contributed by atoms with Gasteiger partial charge in [0, 0.05) is 24.2 Å². The Morgan fingerprint density at radius 1 is 1.41 bits per heavy atom. The van der Waals surface area contributed by atoms with Crippen molar-refractivity contribution in [3.05, 3.63) is 46.4 Å². The molecule has 0 aliphatic carbocycles. The van der Waals surface area contributed by atoms with Crippen LogP contribution in [0.1, 0.15) is 18.5 Å². The predicted molar refractivity (Wildman–Crippen MR) is 84.9 cm³/mol. The zero-order chi connectivity index (χ0) is 15.5. The van der Waals surface area contributed by atoms with E-state index in [9.17, 15) is 9.59 Å². The fourth-order valence-corrected chi connectivity index (χ4v) is 2.86. The fourth-order valence-electron chi connectivity index (χ4n) is 2.86. The van der Waals surface area contributed by atoms with Crippen LogP contribution >= 0.6 is 0 Å². The minimum absolute atomic E-state index is 0.0439. The number of hydrogen-bond acceptors (Lipinski definition) is 3. The number of carbonyl (C=O) groups excluding carboxylic acids is 1. The Kier molecular flexibility index (Phi) is 4.24. The maximum absolute atomic E-state index is 12.5. The van der Waals surface area contributed by atoms with Crippen molar-refractivity contribution in [3.63, 3.8) is 0 Å². The largest absolute Gasteiger partial charge is 0.376 e. The minimum Gasteiger partial charge on any atom is -0.376 e. The van der Waals surface area contributed by atoms with Crippen molar-refractivity contribution in [1.82, 2.24) is 9.88 Å². The molecule has 1 saturated heterocycles. The number of ether oxygens (including phenoxy) is 1. The summed E-state index contributed by atoms with van der Waals surface area (Å²) in [6.45, 7) is 3.17. The normalized spacial score (nSPS) is 17.8. The van der Waals surface area contributed by atoms with Gasteiger partial charge in [-0.05, 0) is 37.3 Å². The van der Waals surface area contributed by atoms with Crippen LogP contribution in [0.3, 0.4) is 0 Å². The van der Waals surface area contributed by atoms with Crippen LogP contribution in [0, 0.1) is 6.92 Å². The molecule has 1 aliphatic rings. The number of aromatic nitrogens is 1. The highest BCUT2D eigenvalue weighted by molar-refractivity contribution is 5.82. The summed E-state index contributed by atoms with van der Waals surface area (Å²) in [7, 11) is 0. The van der Waals surface area contributed by atoms with Gasteiger partial charge in [-0.1, -0.05) is 18.2 Å². The number of pyridine rings is 1. The molecule has 0 saturated carbocycles. The first-order chi connectivity index (χ1) is 10.6. The zero-order valence-corrected chi connectivity index (χ0v) is 12.7. The van der Waals surface area contributed by atoms with E-state index >= 15 is 0 Å². The van der Waals surface area contributed by atoms with Gasteiger partial charge in [0.2, 0.25) is 5.91 Å². The third-order valence-electron chi connectivity index (χ3n) is 4.08. The van der Waals surface area contributed by atoms with Gasteiger partial charge in [-0.2, -0.15) is 0 Å². The molecule has 1 aliphatic heterocycles. The van der Waals surface area contributed by atoms with Gasteiger partial charge in [0.05, 0.1) is 6.10 Å². The number of benzene rings is 1. The average molecular weight is 300 g/mol. The minimum atomic E-state index is -0.156. The van der Waals surface area contributed by atoms with E-state index < -0.39 is 0 Å². The van der Waals surface area contributed by atoms with E-state index in [1.165, 1.54) is 4.57 Å². The van der Waals surface area contributed by atoms with Crippen LogP contribution in [-0.2, 0) is 16.1 Å². The molecule has 1 aromatic carbocycles. The lowest BCUT2D eigenvalue weighted by Crippen LogP contribution is -2.37. The average Bonchev–Trinajstić information content (AvgIpc) is 3.03. The number of nitrogens with one attached hydrogen (secondary N) is 1. The smallest absolute Gasteiger partial charge is 0.259 e. The molecule has 22 heavy (non-hydrogen) atoms. The first-order valence-electron chi connectivity index (χ1n) is 7.62. The van der Waals surface area contributed by atoms with Gasteiger partial charge in [-0.25, -0.2) is 0 Å². The Hall–Kier alpha value is -2.14. The molecule has 0 bridgehead atoms. The summed E-state index contributed by atoms with van der Waals surface area (Å²) >= 11 is 0. The molecular weight excluding hydrogens is 280 g/mol. The summed E-state index contributed by atoms with van der Waals surface area (Å²) in [5.41, 5.74) is 0.666. The quantitative estimate of drug-likeness (QED) is 0.933. The maximum atomic E-state index is 12.5. The lowest BCUT2D eigenvalue weighted by Gasteiger charge is -2.14. The van der Waals surface area contributed by atoms with E-state index in [4.69, 9.17) is 4.74 Å². The van der Waals surface area contributed by atoms with Crippen molar-refractivity contribution in [2.45, 2.75) is 32.4 Å². The summed E-state index contributed by atoms with van der Waals surface area (Å²) in [4.78, 5) is 24.6. The van der Waals surface area contributed by atoms with Crippen LogP contribution in [0.2, 0.25) is 0 Å². The first kappa shape index (κ1) is 14.8. The van der Waals surface area contributed by atoms with E-state index in [-0.39, 0.29) is 24.1 Å². The standard InChI is InChI=1S/C17H20N2O3/c1-12-9-13-5-2-3-7-15(13)17(21)19(12)11-16(20)18-10-14-6-4-8-22-14/h2-3,5,7,9,14H,4,6,8,10-11H2,1H3,(H,18,20). The van der Waals surface area contributed by atoms with Gasteiger partial charge in [-0.3, -0.25) is 9.59 Å². The van der Waals surface area contributed by atoms with Gasteiger partial charge >= 0.3 is 0 Å². The van der Waals surface area contributed by atoms with Crippen molar-refractivity contribution in [2.24, 2.45) is 0 Å². The lowest BCUT2D eigenvalue weighted by atomic mass is 10.1. The molecule has 1 unspecified atom stereocenters.